The summed E-state index contributed by atoms with van der Waals surface area (Å²) in [6, 6.07) is -0.195. The number of nitrogens with zero attached hydrogens (tertiary/aromatic N) is 2. The van der Waals surface area contributed by atoms with Gasteiger partial charge in [-0.2, -0.15) is 4.99 Å². The van der Waals surface area contributed by atoms with E-state index in [0.29, 0.717) is 17.7 Å². The standard InChI is InChI=1S/C10H19N3O/c1-6(2)5-13-8(7(3)4)9(11)12-10(13)14/h6-8H,5H2,1-4H3,(H2,11,12,14). The topological polar surface area (TPSA) is 58.7 Å². The molecule has 4 heteroatoms. The predicted octanol–water partition coefficient (Wildman–Crippen LogP) is 1.46. The highest BCUT2D eigenvalue weighted by Gasteiger charge is 2.35. The third kappa shape index (κ3) is 2.05. The van der Waals surface area contributed by atoms with Crippen LogP contribution in [0.4, 0.5) is 4.79 Å². The minimum atomic E-state index is -0.185. The highest BCUT2D eigenvalue weighted by Crippen LogP contribution is 2.19. The van der Waals surface area contributed by atoms with Crippen LogP contribution in [0, 0.1) is 11.8 Å². The fourth-order valence-corrected chi connectivity index (χ4v) is 1.81. The van der Waals surface area contributed by atoms with Crippen molar-refractivity contribution in [1.82, 2.24) is 4.90 Å². The Bertz CT molecular complexity index is 258. The lowest BCUT2D eigenvalue weighted by molar-refractivity contribution is 0.186. The van der Waals surface area contributed by atoms with Crippen LogP contribution in [0.25, 0.3) is 0 Å². The highest BCUT2D eigenvalue weighted by molar-refractivity contribution is 6.02. The monoisotopic (exact) mass is 197 g/mol. The lowest BCUT2D eigenvalue weighted by Crippen LogP contribution is -2.45. The van der Waals surface area contributed by atoms with Crippen LogP contribution < -0.4 is 5.73 Å². The molecule has 0 fully saturated rings. The summed E-state index contributed by atoms with van der Waals surface area (Å²) in [6.45, 7) is 9.00. The van der Waals surface area contributed by atoms with Gasteiger partial charge in [0.25, 0.3) is 0 Å². The van der Waals surface area contributed by atoms with Crippen LogP contribution in [0.2, 0.25) is 0 Å². The summed E-state index contributed by atoms with van der Waals surface area (Å²) in [5, 5.41) is 0. The lowest BCUT2D eigenvalue weighted by Gasteiger charge is -2.28. The van der Waals surface area contributed by atoms with Gasteiger partial charge < -0.3 is 10.6 Å². The van der Waals surface area contributed by atoms with Gasteiger partial charge >= 0.3 is 6.03 Å². The number of carbonyl (C=O) groups excluding carboxylic acids is 1. The Morgan fingerprint density at radius 1 is 1.43 bits per heavy atom. The highest BCUT2D eigenvalue weighted by atomic mass is 16.2. The Morgan fingerprint density at radius 2 is 2.00 bits per heavy atom. The summed E-state index contributed by atoms with van der Waals surface area (Å²) in [6.07, 6.45) is 0. The van der Waals surface area contributed by atoms with Crippen molar-refractivity contribution >= 4 is 11.9 Å². The van der Waals surface area contributed by atoms with E-state index < -0.39 is 0 Å². The smallest absolute Gasteiger partial charge is 0.345 e. The Hall–Kier alpha value is -1.06. The van der Waals surface area contributed by atoms with Gasteiger partial charge in [0.05, 0.1) is 6.04 Å². The maximum Gasteiger partial charge on any atom is 0.345 e. The molecule has 0 spiro atoms. The van der Waals surface area contributed by atoms with Crippen molar-refractivity contribution in [3.05, 3.63) is 0 Å². The van der Waals surface area contributed by atoms with Crippen LogP contribution in [-0.2, 0) is 0 Å². The second-order valence-corrected chi connectivity index (χ2v) is 4.55. The van der Waals surface area contributed by atoms with Gasteiger partial charge in [0.15, 0.2) is 0 Å². The summed E-state index contributed by atoms with van der Waals surface area (Å²) in [5.74, 6) is 1.23. The minimum absolute atomic E-state index is 0.00935. The van der Waals surface area contributed by atoms with Gasteiger partial charge in [0, 0.05) is 6.54 Å². The second kappa shape index (κ2) is 3.98. The van der Waals surface area contributed by atoms with Gasteiger partial charge in [0.1, 0.15) is 5.84 Å². The quantitative estimate of drug-likeness (QED) is 0.744. The largest absolute Gasteiger partial charge is 0.385 e. The molecule has 0 bridgehead atoms. The molecular formula is C10H19N3O. The molecule has 80 valence electrons. The van der Waals surface area contributed by atoms with Crippen molar-refractivity contribution in [2.45, 2.75) is 33.7 Å². The molecular weight excluding hydrogens is 178 g/mol. The molecule has 0 aromatic carbocycles. The van der Waals surface area contributed by atoms with Crippen LogP contribution >= 0.6 is 0 Å². The molecule has 0 aromatic heterocycles. The normalized spacial score (nSPS) is 22.4. The number of hydrogen-bond acceptors (Lipinski definition) is 2. The third-order valence-corrected chi connectivity index (χ3v) is 2.30. The van der Waals surface area contributed by atoms with Gasteiger partial charge in [-0.3, -0.25) is 0 Å². The molecule has 0 saturated carbocycles. The van der Waals surface area contributed by atoms with Crippen molar-refractivity contribution in [2.24, 2.45) is 22.6 Å². The number of amidine groups is 1. The second-order valence-electron chi connectivity index (χ2n) is 4.55. The van der Waals surface area contributed by atoms with Gasteiger partial charge in [-0.05, 0) is 11.8 Å². The van der Waals surface area contributed by atoms with Gasteiger partial charge in [-0.25, -0.2) is 4.79 Å². The fraction of sp³-hybridized carbons (Fsp3) is 0.800. The molecule has 1 aliphatic heterocycles. The molecule has 0 saturated heterocycles. The first-order valence-electron chi connectivity index (χ1n) is 5.08. The van der Waals surface area contributed by atoms with Crippen LogP contribution in [-0.4, -0.2) is 29.4 Å². The van der Waals surface area contributed by atoms with Crippen LogP contribution in [0.3, 0.4) is 0 Å². The average molecular weight is 197 g/mol. The Kier molecular flexibility index (Phi) is 3.13. The van der Waals surface area contributed by atoms with E-state index in [4.69, 9.17) is 5.73 Å². The van der Waals surface area contributed by atoms with E-state index in [0.717, 1.165) is 6.54 Å². The molecule has 14 heavy (non-hydrogen) atoms. The molecule has 1 rings (SSSR count). The van der Waals surface area contributed by atoms with E-state index in [1.165, 1.54) is 0 Å². The summed E-state index contributed by atoms with van der Waals surface area (Å²) >= 11 is 0. The van der Waals surface area contributed by atoms with E-state index in [1.807, 2.05) is 0 Å². The van der Waals surface area contributed by atoms with Crippen molar-refractivity contribution < 1.29 is 4.79 Å². The first kappa shape index (κ1) is 11.0. The fourth-order valence-electron chi connectivity index (χ4n) is 1.81. The number of hydrogen-bond donors (Lipinski definition) is 1. The molecule has 1 unspecified atom stereocenters. The molecule has 2 amide bonds. The molecule has 0 radical (unpaired) electrons. The van der Waals surface area contributed by atoms with Crippen molar-refractivity contribution in [3.63, 3.8) is 0 Å². The van der Waals surface area contributed by atoms with Gasteiger partial charge in [-0.1, -0.05) is 27.7 Å². The number of amides is 2. The predicted molar refractivity (Wildman–Crippen MR) is 57.2 cm³/mol. The molecule has 4 nitrogen and oxygen atoms in total. The maximum atomic E-state index is 11.5. The molecule has 1 atom stereocenters. The van der Waals surface area contributed by atoms with E-state index >= 15 is 0 Å². The zero-order valence-electron chi connectivity index (χ0n) is 9.32. The zero-order valence-corrected chi connectivity index (χ0v) is 9.32. The summed E-state index contributed by atoms with van der Waals surface area (Å²) < 4.78 is 0. The van der Waals surface area contributed by atoms with E-state index in [9.17, 15) is 4.79 Å². The minimum Gasteiger partial charge on any atom is -0.385 e. The maximum absolute atomic E-state index is 11.5. The SMILES string of the molecule is CC(C)CN1C(=O)N=C(N)C1C(C)C. The van der Waals surface area contributed by atoms with Crippen LogP contribution in [0.15, 0.2) is 4.99 Å². The Balaban J connectivity index is 2.79. The number of urea groups is 1. The summed E-state index contributed by atoms with van der Waals surface area (Å²) in [4.78, 5) is 17.1. The first-order chi connectivity index (χ1) is 6.43. The van der Waals surface area contributed by atoms with E-state index in [2.05, 4.69) is 32.7 Å². The van der Waals surface area contributed by atoms with Gasteiger partial charge in [-0.15, -0.1) is 0 Å². The molecule has 0 aromatic rings. The number of carbonyl (C=O) groups is 1. The summed E-state index contributed by atoms with van der Waals surface area (Å²) in [7, 11) is 0. The summed E-state index contributed by atoms with van der Waals surface area (Å²) in [5.41, 5.74) is 5.72. The van der Waals surface area contributed by atoms with Gasteiger partial charge in [0.2, 0.25) is 0 Å². The Morgan fingerprint density at radius 3 is 2.43 bits per heavy atom. The van der Waals surface area contributed by atoms with Crippen molar-refractivity contribution in [1.29, 1.82) is 0 Å². The first-order valence-corrected chi connectivity index (χ1v) is 5.08. The van der Waals surface area contributed by atoms with E-state index in [1.54, 1.807) is 4.90 Å². The number of nitrogens with two attached hydrogens (primary N) is 1. The van der Waals surface area contributed by atoms with Crippen LogP contribution in [0.1, 0.15) is 27.7 Å². The van der Waals surface area contributed by atoms with Crippen molar-refractivity contribution in [2.75, 3.05) is 6.54 Å². The van der Waals surface area contributed by atoms with E-state index in [-0.39, 0.29) is 12.1 Å². The molecule has 1 heterocycles. The molecule has 2 N–H and O–H groups in total. The third-order valence-electron chi connectivity index (χ3n) is 2.30. The zero-order chi connectivity index (χ0) is 10.9. The molecule has 0 aliphatic carbocycles. The number of aliphatic imine (C=N–C) groups is 1. The van der Waals surface area contributed by atoms with Crippen molar-refractivity contribution in [3.8, 4) is 0 Å². The average Bonchev–Trinajstić information content (AvgIpc) is 2.25. The van der Waals surface area contributed by atoms with Crippen LogP contribution in [0.5, 0.6) is 0 Å². The lowest BCUT2D eigenvalue weighted by atomic mass is 10.0. The number of rotatable bonds is 3. The Labute approximate surface area is 85.2 Å². The molecule has 1 aliphatic rings.